The second-order valence-electron chi connectivity index (χ2n) is 4.48. The molecule has 1 aromatic heterocycles. The van der Waals surface area contributed by atoms with Crippen molar-refractivity contribution in [3.05, 3.63) is 50.6 Å². The Hall–Kier alpha value is -1.66. The molecule has 2 rings (SSSR count). The van der Waals surface area contributed by atoms with E-state index in [1.807, 2.05) is 35.9 Å². The Balaban J connectivity index is 1.79. The quantitative estimate of drug-likeness (QED) is 0.822. The maximum atomic E-state index is 11.7. The summed E-state index contributed by atoms with van der Waals surface area (Å²) < 4.78 is 5.92. The van der Waals surface area contributed by atoms with E-state index in [0.29, 0.717) is 5.69 Å². The second kappa shape index (κ2) is 7.38. The molecule has 2 aromatic rings. The monoisotopic (exact) mass is 367 g/mol. The lowest BCUT2D eigenvalue weighted by molar-refractivity contribution is -0.146. The number of ether oxygens (including phenoxy) is 1. The number of carbonyl (C=O) groups is 2. The van der Waals surface area contributed by atoms with E-state index in [1.54, 1.807) is 6.07 Å². The van der Waals surface area contributed by atoms with E-state index < -0.39 is 5.97 Å². The molecule has 110 valence electrons. The van der Waals surface area contributed by atoms with Gasteiger partial charge in [0.2, 0.25) is 0 Å². The van der Waals surface area contributed by atoms with Crippen molar-refractivity contribution < 1.29 is 14.3 Å². The Morgan fingerprint density at radius 2 is 2.14 bits per heavy atom. The fraction of sp³-hybridized carbons (Fsp3) is 0.200. The average Bonchev–Trinajstić information content (AvgIpc) is 2.93. The highest BCUT2D eigenvalue weighted by molar-refractivity contribution is 9.10. The SMILES string of the molecule is Cc1cc(NC(=O)COC(=O)Cc2ccsc2)ccc1Br. The van der Waals surface area contributed by atoms with Gasteiger partial charge >= 0.3 is 5.97 Å². The second-order valence-corrected chi connectivity index (χ2v) is 6.12. The molecule has 6 heteroatoms. The first-order valence-corrected chi connectivity index (χ1v) is 8.01. The molecule has 0 unspecified atom stereocenters. The summed E-state index contributed by atoms with van der Waals surface area (Å²) in [6, 6.07) is 7.33. The van der Waals surface area contributed by atoms with Crippen molar-refractivity contribution in [2.75, 3.05) is 11.9 Å². The highest BCUT2D eigenvalue weighted by atomic mass is 79.9. The Kier molecular flexibility index (Phi) is 5.52. The normalized spacial score (nSPS) is 10.2. The molecule has 0 spiro atoms. The lowest BCUT2D eigenvalue weighted by atomic mass is 10.2. The number of benzene rings is 1. The van der Waals surface area contributed by atoms with Gasteiger partial charge in [-0.2, -0.15) is 11.3 Å². The Bertz CT molecular complexity index is 640. The van der Waals surface area contributed by atoms with E-state index in [-0.39, 0.29) is 18.9 Å². The summed E-state index contributed by atoms with van der Waals surface area (Å²) in [5.74, 6) is -0.758. The van der Waals surface area contributed by atoms with E-state index in [1.165, 1.54) is 11.3 Å². The van der Waals surface area contributed by atoms with Gasteiger partial charge in [0, 0.05) is 10.2 Å². The molecule has 0 aliphatic heterocycles. The van der Waals surface area contributed by atoms with E-state index >= 15 is 0 Å². The van der Waals surface area contributed by atoms with Crippen LogP contribution < -0.4 is 5.32 Å². The Morgan fingerprint density at radius 3 is 2.81 bits per heavy atom. The van der Waals surface area contributed by atoms with E-state index in [4.69, 9.17) is 4.74 Å². The summed E-state index contributed by atoms with van der Waals surface area (Å²) in [7, 11) is 0. The van der Waals surface area contributed by atoms with Gasteiger partial charge in [0.15, 0.2) is 6.61 Å². The zero-order chi connectivity index (χ0) is 15.2. The molecule has 1 amide bonds. The van der Waals surface area contributed by atoms with Crippen LogP contribution in [0, 0.1) is 6.92 Å². The fourth-order valence-electron chi connectivity index (χ4n) is 1.68. The molecule has 1 heterocycles. The van der Waals surface area contributed by atoms with Crippen LogP contribution in [0.2, 0.25) is 0 Å². The van der Waals surface area contributed by atoms with Crippen LogP contribution in [0.25, 0.3) is 0 Å². The van der Waals surface area contributed by atoms with Crippen LogP contribution in [0.3, 0.4) is 0 Å². The Morgan fingerprint density at radius 1 is 1.33 bits per heavy atom. The van der Waals surface area contributed by atoms with Gasteiger partial charge in [-0.25, -0.2) is 0 Å². The van der Waals surface area contributed by atoms with Crippen LogP contribution in [0.4, 0.5) is 5.69 Å². The minimum Gasteiger partial charge on any atom is -0.455 e. The van der Waals surface area contributed by atoms with Gasteiger partial charge in [-0.05, 0) is 53.1 Å². The van der Waals surface area contributed by atoms with Crippen LogP contribution in [0.5, 0.6) is 0 Å². The number of thiophene rings is 1. The first kappa shape index (κ1) is 15.7. The number of aryl methyl sites for hydroxylation is 1. The van der Waals surface area contributed by atoms with Gasteiger partial charge in [-0.3, -0.25) is 9.59 Å². The third-order valence-electron chi connectivity index (χ3n) is 2.73. The molecule has 0 radical (unpaired) electrons. The minimum atomic E-state index is -0.407. The van der Waals surface area contributed by atoms with Gasteiger partial charge in [-0.15, -0.1) is 0 Å². The topological polar surface area (TPSA) is 55.4 Å². The molecule has 0 aliphatic carbocycles. The average molecular weight is 368 g/mol. The number of amides is 1. The Labute approximate surface area is 135 Å². The number of anilines is 1. The molecule has 1 N–H and O–H groups in total. The van der Waals surface area contributed by atoms with Crippen molar-refractivity contribution in [3.8, 4) is 0 Å². The van der Waals surface area contributed by atoms with Gasteiger partial charge in [0.25, 0.3) is 5.91 Å². The fourth-order valence-corrected chi connectivity index (χ4v) is 2.59. The first-order chi connectivity index (χ1) is 10.0. The summed E-state index contributed by atoms with van der Waals surface area (Å²) >= 11 is 4.91. The summed E-state index contributed by atoms with van der Waals surface area (Å²) in [4.78, 5) is 23.3. The number of hydrogen-bond acceptors (Lipinski definition) is 4. The maximum absolute atomic E-state index is 11.7. The van der Waals surface area contributed by atoms with E-state index in [0.717, 1.165) is 15.6 Å². The van der Waals surface area contributed by atoms with Crippen molar-refractivity contribution in [1.82, 2.24) is 0 Å². The molecule has 0 atom stereocenters. The predicted molar refractivity (Wildman–Crippen MR) is 86.5 cm³/mol. The van der Waals surface area contributed by atoms with Crippen molar-refractivity contribution in [2.24, 2.45) is 0 Å². The molecule has 4 nitrogen and oxygen atoms in total. The third kappa shape index (κ3) is 4.99. The van der Waals surface area contributed by atoms with Crippen molar-refractivity contribution in [2.45, 2.75) is 13.3 Å². The van der Waals surface area contributed by atoms with Crippen LogP contribution in [0.15, 0.2) is 39.5 Å². The van der Waals surface area contributed by atoms with Crippen LogP contribution in [-0.2, 0) is 20.7 Å². The van der Waals surface area contributed by atoms with Crippen LogP contribution >= 0.6 is 27.3 Å². The lowest BCUT2D eigenvalue weighted by Gasteiger charge is -2.07. The highest BCUT2D eigenvalue weighted by Gasteiger charge is 2.09. The number of rotatable bonds is 5. The number of nitrogens with one attached hydrogen (secondary N) is 1. The molecule has 0 fully saturated rings. The molecular formula is C15H14BrNO3S. The molecule has 0 aliphatic rings. The third-order valence-corrected chi connectivity index (χ3v) is 4.36. The molecule has 1 aromatic carbocycles. The van der Waals surface area contributed by atoms with Crippen molar-refractivity contribution >= 4 is 44.8 Å². The number of esters is 1. The lowest BCUT2D eigenvalue weighted by Crippen LogP contribution is -2.21. The molecular weight excluding hydrogens is 354 g/mol. The smallest absolute Gasteiger partial charge is 0.310 e. The molecule has 0 bridgehead atoms. The summed E-state index contributed by atoms with van der Waals surface area (Å²) in [5, 5.41) is 6.46. The van der Waals surface area contributed by atoms with Gasteiger partial charge in [0.1, 0.15) is 0 Å². The van der Waals surface area contributed by atoms with Gasteiger partial charge < -0.3 is 10.1 Å². The van der Waals surface area contributed by atoms with Gasteiger partial charge in [-0.1, -0.05) is 15.9 Å². The zero-order valence-electron chi connectivity index (χ0n) is 11.4. The number of hydrogen-bond donors (Lipinski definition) is 1. The number of carbonyl (C=O) groups excluding carboxylic acids is 2. The first-order valence-electron chi connectivity index (χ1n) is 6.27. The maximum Gasteiger partial charge on any atom is 0.310 e. The van der Waals surface area contributed by atoms with Crippen LogP contribution in [0.1, 0.15) is 11.1 Å². The largest absolute Gasteiger partial charge is 0.455 e. The van der Waals surface area contributed by atoms with Gasteiger partial charge in [0.05, 0.1) is 6.42 Å². The van der Waals surface area contributed by atoms with E-state index in [9.17, 15) is 9.59 Å². The van der Waals surface area contributed by atoms with Crippen molar-refractivity contribution in [3.63, 3.8) is 0 Å². The van der Waals surface area contributed by atoms with Crippen LogP contribution in [-0.4, -0.2) is 18.5 Å². The molecule has 21 heavy (non-hydrogen) atoms. The number of halogens is 1. The zero-order valence-corrected chi connectivity index (χ0v) is 13.8. The molecule has 0 saturated heterocycles. The van der Waals surface area contributed by atoms with E-state index in [2.05, 4.69) is 21.2 Å². The van der Waals surface area contributed by atoms with Crippen molar-refractivity contribution in [1.29, 1.82) is 0 Å². The molecule has 0 saturated carbocycles. The highest BCUT2D eigenvalue weighted by Crippen LogP contribution is 2.19. The summed E-state index contributed by atoms with van der Waals surface area (Å²) in [6.45, 7) is 1.65. The predicted octanol–water partition coefficient (Wildman–Crippen LogP) is 3.54. The summed E-state index contributed by atoms with van der Waals surface area (Å²) in [5.41, 5.74) is 2.59. The minimum absolute atomic E-state index is 0.189. The standard InChI is InChI=1S/C15H14BrNO3S/c1-10-6-12(2-3-13(10)16)17-14(18)8-20-15(19)7-11-4-5-21-9-11/h2-6,9H,7-8H2,1H3,(H,17,18). The summed E-state index contributed by atoms with van der Waals surface area (Å²) in [6.07, 6.45) is 0.189.